The van der Waals surface area contributed by atoms with Crippen LogP contribution in [0.4, 0.5) is 0 Å². The molecule has 1 N–H and O–H groups in total. The van der Waals surface area contributed by atoms with Crippen molar-refractivity contribution in [1.82, 2.24) is 14.9 Å². The van der Waals surface area contributed by atoms with E-state index in [2.05, 4.69) is 45.2 Å². The normalized spacial score (nSPS) is 20.1. The summed E-state index contributed by atoms with van der Waals surface area (Å²) < 4.78 is 0. The van der Waals surface area contributed by atoms with Crippen molar-refractivity contribution < 1.29 is 0 Å². The number of aromatic amines is 1. The van der Waals surface area contributed by atoms with Crippen LogP contribution in [0.2, 0.25) is 0 Å². The summed E-state index contributed by atoms with van der Waals surface area (Å²) in [4.78, 5) is 9.98. The number of aromatic nitrogens is 2. The summed E-state index contributed by atoms with van der Waals surface area (Å²) >= 11 is 0. The van der Waals surface area contributed by atoms with Crippen LogP contribution in [0.25, 0.3) is 0 Å². The van der Waals surface area contributed by atoms with Gasteiger partial charge in [-0.1, -0.05) is 36.8 Å². The topological polar surface area (TPSA) is 31.9 Å². The zero-order valence-corrected chi connectivity index (χ0v) is 12.0. The number of nitrogens with zero attached hydrogens (tertiary/aromatic N) is 2. The predicted octanol–water partition coefficient (Wildman–Crippen LogP) is 3.40. The van der Waals surface area contributed by atoms with E-state index in [4.69, 9.17) is 0 Å². The maximum Gasteiger partial charge on any atom is 0.0921 e. The van der Waals surface area contributed by atoms with Crippen molar-refractivity contribution in [3.8, 4) is 0 Å². The van der Waals surface area contributed by atoms with Gasteiger partial charge in [0.15, 0.2) is 0 Å². The van der Waals surface area contributed by atoms with Gasteiger partial charge in [-0.25, -0.2) is 4.98 Å². The van der Waals surface area contributed by atoms with Crippen LogP contribution >= 0.6 is 0 Å². The first-order chi connectivity index (χ1) is 9.92. The number of piperidine rings is 1. The molecule has 0 unspecified atom stereocenters. The van der Waals surface area contributed by atoms with Gasteiger partial charge in [0.2, 0.25) is 0 Å². The maximum absolute atomic E-state index is 4.10. The monoisotopic (exact) mass is 269 g/mol. The van der Waals surface area contributed by atoms with Crippen molar-refractivity contribution in [3.63, 3.8) is 0 Å². The number of likely N-dealkylation sites (tertiary alicyclic amines) is 1. The molecule has 0 saturated carbocycles. The molecule has 1 atom stereocenters. The first kappa shape index (κ1) is 13.4. The minimum absolute atomic E-state index is 0.715. The minimum atomic E-state index is 0.715. The van der Waals surface area contributed by atoms with Crippen molar-refractivity contribution in [2.45, 2.75) is 44.7 Å². The van der Waals surface area contributed by atoms with E-state index in [-0.39, 0.29) is 0 Å². The summed E-state index contributed by atoms with van der Waals surface area (Å²) in [6, 6.07) is 11.6. The van der Waals surface area contributed by atoms with Crippen molar-refractivity contribution in [3.05, 3.63) is 54.1 Å². The molecule has 1 aliphatic heterocycles. The molecule has 0 amide bonds. The van der Waals surface area contributed by atoms with Crippen molar-refractivity contribution in [2.24, 2.45) is 0 Å². The zero-order chi connectivity index (χ0) is 13.6. The van der Waals surface area contributed by atoms with E-state index in [1.54, 1.807) is 6.33 Å². The summed E-state index contributed by atoms with van der Waals surface area (Å²) in [5.41, 5.74) is 2.69. The van der Waals surface area contributed by atoms with Gasteiger partial charge < -0.3 is 4.98 Å². The molecule has 0 radical (unpaired) electrons. The van der Waals surface area contributed by atoms with Gasteiger partial charge in [0, 0.05) is 24.5 Å². The SMILES string of the molecule is c1ccc(CN2CCCC[C@H]2CCc2cnc[nH]2)cc1. The summed E-state index contributed by atoms with van der Waals surface area (Å²) in [6.45, 7) is 2.33. The number of rotatable bonds is 5. The number of nitrogens with one attached hydrogen (secondary N) is 1. The quantitative estimate of drug-likeness (QED) is 0.902. The summed E-state index contributed by atoms with van der Waals surface area (Å²) in [5, 5.41) is 0. The Hall–Kier alpha value is -1.61. The van der Waals surface area contributed by atoms with E-state index in [1.165, 1.54) is 43.5 Å². The number of hydrogen-bond donors (Lipinski definition) is 1. The van der Waals surface area contributed by atoms with Gasteiger partial charge in [0.05, 0.1) is 6.33 Å². The fraction of sp³-hybridized carbons (Fsp3) is 0.471. The molecule has 1 fully saturated rings. The van der Waals surface area contributed by atoms with Crippen LogP contribution in [-0.4, -0.2) is 27.5 Å². The molecule has 3 heteroatoms. The highest BCUT2D eigenvalue weighted by atomic mass is 15.2. The molecule has 1 aromatic carbocycles. The number of hydrogen-bond acceptors (Lipinski definition) is 2. The first-order valence-electron chi connectivity index (χ1n) is 7.67. The molecule has 1 aliphatic rings. The van der Waals surface area contributed by atoms with Crippen LogP contribution in [-0.2, 0) is 13.0 Å². The van der Waals surface area contributed by atoms with Crippen LogP contribution < -0.4 is 0 Å². The molecule has 0 spiro atoms. The molecule has 2 aromatic rings. The zero-order valence-electron chi connectivity index (χ0n) is 12.0. The van der Waals surface area contributed by atoms with Crippen LogP contribution in [0.15, 0.2) is 42.9 Å². The predicted molar refractivity (Wildman–Crippen MR) is 81.4 cm³/mol. The van der Waals surface area contributed by atoms with Crippen LogP contribution in [0.1, 0.15) is 36.9 Å². The number of benzene rings is 1. The molecular weight excluding hydrogens is 246 g/mol. The molecule has 20 heavy (non-hydrogen) atoms. The molecule has 2 heterocycles. The smallest absolute Gasteiger partial charge is 0.0921 e. The molecule has 3 rings (SSSR count). The van der Waals surface area contributed by atoms with Gasteiger partial charge in [-0.15, -0.1) is 0 Å². The Morgan fingerprint density at radius 2 is 2.10 bits per heavy atom. The second kappa shape index (κ2) is 6.71. The van der Waals surface area contributed by atoms with Gasteiger partial charge >= 0.3 is 0 Å². The van der Waals surface area contributed by atoms with Crippen LogP contribution in [0, 0.1) is 0 Å². The third-order valence-electron chi connectivity index (χ3n) is 4.28. The lowest BCUT2D eigenvalue weighted by Gasteiger charge is -2.35. The molecular formula is C17H23N3. The van der Waals surface area contributed by atoms with E-state index >= 15 is 0 Å². The standard InChI is InChI=1S/C17H23N3/c1-2-6-15(7-3-1)13-20-11-5-4-8-17(20)10-9-16-12-18-14-19-16/h1-3,6-7,12,14,17H,4-5,8-11,13H2,(H,18,19)/t17-/m0/s1. The van der Waals surface area contributed by atoms with Crippen molar-refractivity contribution in [2.75, 3.05) is 6.54 Å². The highest BCUT2D eigenvalue weighted by Gasteiger charge is 2.22. The van der Waals surface area contributed by atoms with Crippen LogP contribution in [0.3, 0.4) is 0 Å². The maximum atomic E-state index is 4.10. The van der Waals surface area contributed by atoms with Crippen molar-refractivity contribution in [1.29, 1.82) is 0 Å². The lowest BCUT2D eigenvalue weighted by atomic mass is 9.96. The largest absolute Gasteiger partial charge is 0.348 e. The molecule has 0 bridgehead atoms. The van der Waals surface area contributed by atoms with Crippen molar-refractivity contribution >= 4 is 0 Å². The Morgan fingerprint density at radius 1 is 1.20 bits per heavy atom. The van der Waals surface area contributed by atoms with Gasteiger partial charge in [0.25, 0.3) is 0 Å². The van der Waals surface area contributed by atoms with E-state index in [9.17, 15) is 0 Å². The lowest BCUT2D eigenvalue weighted by molar-refractivity contribution is 0.132. The minimum Gasteiger partial charge on any atom is -0.348 e. The third-order valence-corrected chi connectivity index (χ3v) is 4.28. The van der Waals surface area contributed by atoms with Gasteiger partial charge in [0.1, 0.15) is 0 Å². The summed E-state index contributed by atoms with van der Waals surface area (Å²) in [6.07, 6.45) is 10.1. The average Bonchev–Trinajstić information content (AvgIpc) is 3.01. The summed E-state index contributed by atoms with van der Waals surface area (Å²) in [7, 11) is 0. The lowest BCUT2D eigenvalue weighted by Crippen LogP contribution is -2.39. The van der Waals surface area contributed by atoms with E-state index < -0.39 is 0 Å². The Kier molecular flexibility index (Phi) is 4.49. The van der Waals surface area contributed by atoms with Gasteiger partial charge in [-0.2, -0.15) is 0 Å². The highest BCUT2D eigenvalue weighted by molar-refractivity contribution is 5.14. The summed E-state index contributed by atoms with van der Waals surface area (Å²) in [5.74, 6) is 0. The van der Waals surface area contributed by atoms with Crippen LogP contribution in [0.5, 0.6) is 0 Å². The highest BCUT2D eigenvalue weighted by Crippen LogP contribution is 2.23. The fourth-order valence-corrected chi connectivity index (χ4v) is 3.16. The molecule has 3 nitrogen and oxygen atoms in total. The number of aryl methyl sites for hydroxylation is 1. The second-order valence-electron chi connectivity index (χ2n) is 5.72. The number of imidazole rings is 1. The van der Waals surface area contributed by atoms with E-state index in [0.29, 0.717) is 6.04 Å². The molecule has 106 valence electrons. The Bertz CT molecular complexity index is 492. The Labute approximate surface area is 121 Å². The average molecular weight is 269 g/mol. The Balaban J connectivity index is 1.59. The Morgan fingerprint density at radius 3 is 2.90 bits per heavy atom. The molecule has 1 aromatic heterocycles. The molecule has 0 aliphatic carbocycles. The van der Waals surface area contributed by atoms with Gasteiger partial charge in [-0.3, -0.25) is 4.90 Å². The van der Waals surface area contributed by atoms with E-state index in [1.807, 2.05) is 6.20 Å². The first-order valence-corrected chi connectivity index (χ1v) is 7.67. The fourth-order valence-electron chi connectivity index (χ4n) is 3.16. The second-order valence-corrected chi connectivity index (χ2v) is 5.72. The van der Waals surface area contributed by atoms with E-state index in [0.717, 1.165) is 13.0 Å². The number of H-pyrrole nitrogens is 1. The third kappa shape index (κ3) is 3.48. The van der Waals surface area contributed by atoms with Gasteiger partial charge in [-0.05, 0) is 37.8 Å². The molecule has 1 saturated heterocycles.